The van der Waals surface area contributed by atoms with Crippen molar-refractivity contribution in [2.45, 2.75) is 32.7 Å². The highest BCUT2D eigenvalue weighted by Gasteiger charge is 2.26. The molecule has 2 aromatic carbocycles. The quantitative estimate of drug-likeness (QED) is 0.670. The lowest BCUT2D eigenvalue weighted by molar-refractivity contribution is -0.146. The van der Waals surface area contributed by atoms with E-state index in [1.54, 1.807) is 53.4 Å². The van der Waals surface area contributed by atoms with Crippen molar-refractivity contribution in [2.24, 2.45) is 0 Å². The summed E-state index contributed by atoms with van der Waals surface area (Å²) >= 11 is 5.85. The Kier molecular flexibility index (Phi) is 7.12. The minimum Gasteiger partial charge on any atom is -0.489 e. The molecule has 1 amide bonds. The minimum absolute atomic E-state index is 0.0268. The van der Waals surface area contributed by atoms with Crippen LogP contribution in [0.2, 0.25) is 5.02 Å². The van der Waals surface area contributed by atoms with E-state index in [2.05, 4.69) is 0 Å². The Morgan fingerprint density at radius 2 is 1.66 bits per heavy atom. The summed E-state index contributed by atoms with van der Waals surface area (Å²) in [6.45, 7) is 4.93. The molecular formula is C22H24ClNO5. The molecule has 2 aromatic rings. The van der Waals surface area contributed by atoms with Crippen LogP contribution in [0.5, 0.6) is 5.75 Å². The van der Waals surface area contributed by atoms with Crippen LogP contribution in [0.4, 0.5) is 0 Å². The van der Waals surface area contributed by atoms with E-state index in [4.69, 9.17) is 25.8 Å². The number of morpholine rings is 1. The normalized spacial score (nSPS) is 18.9. The van der Waals surface area contributed by atoms with Crippen molar-refractivity contribution in [3.63, 3.8) is 0 Å². The number of esters is 1. The van der Waals surface area contributed by atoms with Crippen LogP contribution in [-0.4, -0.2) is 48.7 Å². The van der Waals surface area contributed by atoms with Gasteiger partial charge in [0.05, 0.1) is 17.8 Å². The number of benzene rings is 2. The number of carbonyl (C=O) groups excluding carboxylic acids is 2. The number of hydrogen-bond acceptors (Lipinski definition) is 5. The van der Waals surface area contributed by atoms with Crippen LogP contribution in [0, 0.1) is 0 Å². The third-order valence-electron chi connectivity index (χ3n) is 4.51. The third kappa shape index (κ3) is 6.21. The Labute approximate surface area is 175 Å². The number of ether oxygens (including phenoxy) is 3. The van der Waals surface area contributed by atoms with E-state index in [-0.39, 0.29) is 24.7 Å². The van der Waals surface area contributed by atoms with Gasteiger partial charge in [0.25, 0.3) is 5.91 Å². The van der Waals surface area contributed by atoms with Crippen LogP contribution in [0.25, 0.3) is 0 Å². The predicted octanol–water partition coefficient (Wildman–Crippen LogP) is 3.71. The van der Waals surface area contributed by atoms with Crippen LogP contribution in [0.15, 0.2) is 48.5 Å². The highest BCUT2D eigenvalue weighted by Crippen LogP contribution is 2.17. The van der Waals surface area contributed by atoms with E-state index < -0.39 is 5.97 Å². The third-order valence-corrected chi connectivity index (χ3v) is 4.76. The lowest BCUT2D eigenvalue weighted by atomic mass is 10.1. The molecule has 0 unspecified atom stereocenters. The van der Waals surface area contributed by atoms with Crippen LogP contribution >= 0.6 is 11.6 Å². The monoisotopic (exact) mass is 417 g/mol. The summed E-state index contributed by atoms with van der Waals surface area (Å²) < 4.78 is 16.5. The van der Waals surface area contributed by atoms with Crippen molar-refractivity contribution in [3.8, 4) is 5.75 Å². The van der Waals surface area contributed by atoms with E-state index in [0.717, 1.165) is 5.56 Å². The first kappa shape index (κ1) is 21.1. The summed E-state index contributed by atoms with van der Waals surface area (Å²) in [5.41, 5.74) is 1.29. The van der Waals surface area contributed by atoms with E-state index >= 15 is 0 Å². The van der Waals surface area contributed by atoms with Gasteiger partial charge < -0.3 is 19.1 Å². The summed E-state index contributed by atoms with van der Waals surface area (Å²) in [5, 5.41) is 0.649. The SMILES string of the molecule is C[C@H]1CN(C(=O)COC(=O)c2ccc(COc3ccc(Cl)cc3)cc2)C[C@H](C)O1. The zero-order valence-electron chi connectivity index (χ0n) is 16.5. The first-order valence-corrected chi connectivity index (χ1v) is 9.86. The zero-order valence-corrected chi connectivity index (χ0v) is 17.2. The number of amides is 1. The van der Waals surface area contributed by atoms with E-state index in [1.807, 2.05) is 13.8 Å². The first-order valence-electron chi connectivity index (χ1n) is 9.48. The molecule has 2 atom stereocenters. The largest absolute Gasteiger partial charge is 0.489 e. The van der Waals surface area contributed by atoms with E-state index in [1.165, 1.54) is 0 Å². The standard InChI is InChI=1S/C22H24ClNO5/c1-15-11-24(12-16(2)29-15)21(25)14-28-22(26)18-5-3-17(4-6-18)13-27-20-9-7-19(23)8-10-20/h3-10,15-16H,11-14H2,1-2H3/t15-,16-/m0/s1. The van der Waals surface area contributed by atoms with Crippen LogP contribution < -0.4 is 4.74 Å². The molecule has 0 N–H and O–H groups in total. The van der Waals surface area contributed by atoms with Gasteiger partial charge in [0, 0.05) is 18.1 Å². The van der Waals surface area contributed by atoms with Crippen LogP contribution in [-0.2, 0) is 20.9 Å². The Morgan fingerprint density at radius 1 is 1.03 bits per heavy atom. The maximum Gasteiger partial charge on any atom is 0.338 e. The van der Waals surface area contributed by atoms with Gasteiger partial charge in [0.2, 0.25) is 0 Å². The second kappa shape index (κ2) is 9.76. The van der Waals surface area contributed by atoms with Gasteiger partial charge in [-0.1, -0.05) is 23.7 Å². The van der Waals surface area contributed by atoms with Crippen LogP contribution in [0.1, 0.15) is 29.8 Å². The molecule has 0 radical (unpaired) electrons. The highest BCUT2D eigenvalue weighted by atomic mass is 35.5. The molecule has 0 saturated carbocycles. The number of carbonyl (C=O) groups is 2. The fourth-order valence-electron chi connectivity index (χ4n) is 3.12. The number of rotatable bonds is 6. The maximum atomic E-state index is 12.3. The fraction of sp³-hybridized carbons (Fsp3) is 0.364. The predicted molar refractivity (Wildman–Crippen MR) is 109 cm³/mol. The summed E-state index contributed by atoms with van der Waals surface area (Å²) in [7, 11) is 0. The Hall–Kier alpha value is -2.57. The van der Waals surface area contributed by atoms with Crippen molar-refractivity contribution >= 4 is 23.5 Å². The zero-order chi connectivity index (χ0) is 20.8. The second-order valence-electron chi connectivity index (χ2n) is 7.07. The van der Waals surface area contributed by atoms with Gasteiger partial charge >= 0.3 is 5.97 Å². The molecule has 29 heavy (non-hydrogen) atoms. The Bertz CT molecular complexity index is 827. The Morgan fingerprint density at radius 3 is 2.28 bits per heavy atom. The smallest absolute Gasteiger partial charge is 0.338 e. The average molecular weight is 418 g/mol. The van der Waals surface area contributed by atoms with Crippen molar-refractivity contribution in [1.82, 2.24) is 4.90 Å². The summed E-state index contributed by atoms with van der Waals surface area (Å²) in [4.78, 5) is 26.2. The molecule has 0 aromatic heterocycles. The molecule has 6 nitrogen and oxygen atoms in total. The van der Waals surface area contributed by atoms with E-state index in [9.17, 15) is 9.59 Å². The van der Waals surface area contributed by atoms with Crippen molar-refractivity contribution < 1.29 is 23.8 Å². The highest BCUT2D eigenvalue weighted by molar-refractivity contribution is 6.30. The number of halogens is 1. The average Bonchev–Trinajstić information content (AvgIpc) is 2.71. The Balaban J connectivity index is 1.47. The van der Waals surface area contributed by atoms with Gasteiger partial charge in [0.1, 0.15) is 12.4 Å². The number of hydrogen-bond donors (Lipinski definition) is 0. The van der Waals surface area contributed by atoms with Crippen molar-refractivity contribution in [1.29, 1.82) is 0 Å². The lowest BCUT2D eigenvalue weighted by Gasteiger charge is -2.35. The van der Waals surface area contributed by atoms with E-state index in [0.29, 0.717) is 36.0 Å². The molecule has 1 heterocycles. The molecule has 1 fully saturated rings. The summed E-state index contributed by atoms with van der Waals surface area (Å²) in [6, 6.07) is 14.0. The molecule has 3 rings (SSSR count). The first-order chi connectivity index (χ1) is 13.9. The van der Waals surface area contributed by atoms with Crippen molar-refractivity contribution in [3.05, 3.63) is 64.7 Å². The summed E-state index contributed by atoms with van der Waals surface area (Å²) in [5.74, 6) is -0.0330. The number of nitrogens with zero attached hydrogens (tertiary/aromatic N) is 1. The van der Waals surface area contributed by atoms with Gasteiger partial charge in [-0.2, -0.15) is 0 Å². The molecule has 154 valence electrons. The molecule has 0 aliphatic carbocycles. The summed E-state index contributed by atoms with van der Waals surface area (Å²) in [6.07, 6.45) is -0.0536. The fourth-order valence-corrected chi connectivity index (χ4v) is 3.24. The molecule has 0 bridgehead atoms. The molecule has 1 aliphatic rings. The van der Waals surface area contributed by atoms with Gasteiger partial charge in [-0.3, -0.25) is 4.79 Å². The van der Waals surface area contributed by atoms with Gasteiger partial charge in [0.15, 0.2) is 6.61 Å². The van der Waals surface area contributed by atoms with Gasteiger partial charge in [-0.25, -0.2) is 4.79 Å². The van der Waals surface area contributed by atoms with Gasteiger partial charge in [-0.15, -0.1) is 0 Å². The lowest BCUT2D eigenvalue weighted by Crippen LogP contribution is -2.49. The van der Waals surface area contributed by atoms with Gasteiger partial charge in [-0.05, 0) is 55.8 Å². The molecule has 1 aliphatic heterocycles. The molecule has 0 spiro atoms. The molecular weight excluding hydrogens is 394 g/mol. The topological polar surface area (TPSA) is 65.1 Å². The minimum atomic E-state index is -0.530. The maximum absolute atomic E-state index is 12.3. The molecule has 7 heteroatoms. The second-order valence-corrected chi connectivity index (χ2v) is 7.51. The van der Waals surface area contributed by atoms with Crippen molar-refractivity contribution in [2.75, 3.05) is 19.7 Å². The van der Waals surface area contributed by atoms with Crippen LogP contribution in [0.3, 0.4) is 0 Å². The molecule has 1 saturated heterocycles.